The summed E-state index contributed by atoms with van der Waals surface area (Å²) < 4.78 is 15.5. The first-order chi connectivity index (χ1) is 18.5. The Bertz CT molecular complexity index is 1510. The maximum Gasteiger partial charge on any atom is 0.240 e. The summed E-state index contributed by atoms with van der Waals surface area (Å²) in [4.78, 5) is 28.2. The molecule has 1 aromatic heterocycles. The van der Waals surface area contributed by atoms with Gasteiger partial charge in [0.15, 0.2) is 0 Å². The second kappa shape index (κ2) is 10.3. The van der Waals surface area contributed by atoms with E-state index in [0.717, 1.165) is 29.5 Å². The summed E-state index contributed by atoms with van der Waals surface area (Å²) in [6.45, 7) is -0.140. The average molecular weight is 547 g/mol. The van der Waals surface area contributed by atoms with Gasteiger partial charge < -0.3 is 5.32 Å². The first kappa shape index (κ1) is 24.7. The van der Waals surface area contributed by atoms with E-state index in [4.69, 9.17) is 16.7 Å². The number of hydrogen-bond acceptors (Lipinski definition) is 4. The summed E-state index contributed by atoms with van der Waals surface area (Å²) in [6.07, 6.45) is 1.89. The topological polar surface area (TPSA) is 67.2 Å². The molecule has 1 aliphatic heterocycles. The van der Waals surface area contributed by atoms with E-state index in [1.807, 2.05) is 54.6 Å². The highest BCUT2D eigenvalue weighted by Crippen LogP contribution is 2.49. The van der Waals surface area contributed by atoms with Crippen LogP contribution in [0.4, 0.5) is 10.2 Å². The first-order valence-corrected chi connectivity index (χ1v) is 13.8. The predicted molar refractivity (Wildman–Crippen MR) is 148 cm³/mol. The summed E-state index contributed by atoms with van der Waals surface area (Å²) >= 11 is 8.15. The van der Waals surface area contributed by atoms with E-state index in [2.05, 4.69) is 5.32 Å². The van der Waals surface area contributed by atoms with Crippen LogP contribution in [-0.2, 0) is 9.59 Å². The molecule has 0 spiro atoms. The molecular weight excluding hydrogens is 523 g/mol. The van der Waals surface area contributed by atoms with E-state index in [9.17, 15) is 14.0 Å². The number of anilines is 1. The van der Waals surface area contributed by atoms with Crippen LogP contribution in [-0.4, -0.2) is 39.9 Å². The normalized spacial score (nSPS) is 17.2. The zero-order valence-electron chi connectivity index (χ0n) is 20.3. The van der Waals surface area contributed by atoms with Gasteiger partial charge in [-0.3, -0.25) is 14.5 Å². The molecule has 2 heterocycles. The average Bonchev–Trinajstić information content (AvgIpc) is 3.68. The van der Waals surface area contributed by atoms with Gasteiger partial charge >= 0.3 is 0 Å². The Morgan fingerprint density at radius 3 is 2.45 bits per heavy atom. The number of rotatable bonds is 6. The third kappa shape index (κ3) is 4.81. The van der Waals surface area contributed by atoms with Crippen molar-refractivity contribution in [1.29, 1.82) is 0 Å². The number of benzene rings is 3. The molecule has 1 saturated carbocycles. The van der Waals surface area contributed by atoms with E-state index < -0.39 is 0 Å². The van der Waals surface area contributed by atoms with Crippen LogP contribution >= 0.6 is 23.4 Å². The molecule has 2 amide bonds. The van der Waals surface area contributed by atoms with Gasteiger partial charge in [-0.25, -0.2) is 9.07 Å². The standard InChI is InChI=1S/C29H24ClFN4O2S/c30-23-9-5-4-8-22(23)28-26-27(18-6-2-1-3-7-18)33-35(21-14-10-19(31)11-15-21)29(26)34(25(37)17-38-28)16-24(36)32-20-12-13-20/h1-11,14-15,20,28H,12-13,16-17H2,(H,32,36). The minimum atomic E-state index is -0.378. The molecule has 9 heteroatoms. The molecule has 1 aliphatic carbocycles. The summed E-state index contributed by atoms with van der Waals surface area (Å²) in [5.41, 5.74) is 3.75. The molecule has 0 bridgehead atoms. The summed E-state index contributed by atoms with van der Waals surface area (Å²) in [5.74, 6) is -0.169. The van der Waals surface area contributed by atoms with Gasteiger partial charge in [-0.2, -0.15) is 5.10 Å². The van der Waals surface area contributed by atoms with Gasteiger partial charge in [-0.15, -0.1) is 11.8 Å². The fraction of sp³-hybridized carbons (Fsp3) is 0.207. The zero-order chi connectivity index (χ0) is 26.2. The number of nitrogens with one attached hydrogen (secondary N) is 1. The van der Waals surface area contributed by atoms with Gasteiger partial charge in [0.25, 0.3) is 0 Å². The van der Waals surface area contributed by atoms with Crippen molar-refractivity contribution in [3.8, 4) is 16.9 Å². The minimum Gasteiger partial charge on any atom is -0.352 e. The molecule has 3 aromatic carbocycles. The first-order valence-electron chi connectivity index (χ1n) is 12.4. The lowest BCUT2D eigenvalue weighted by Gasteiger charge is -2.23. The summed E-state index contributed by atoms with van der Waals surface area (Å²) in [5, 5.41) is 8.23. The third-order valence-electron chi connectivity index (χ3n) is 6.64. The molecule has 0 saturated heterocycles. The molecule has 0 radical (unpaired) electrons. The molecule has 4 aromatic rings. The Balaban J connectivity index is 1.61. The van der Waals surface area contributed by atoms with E-state index in [0.29, 0.717) is 22.2 Å². The van der Waals surface area contributed by atoms with Crippen LogP contribution in [0, 0.1) is 5.82 Å². The molecule has 192 valence electrons. The fourth-order valence-corrected chi connectivity index (χ4v) is 6.21. The molecule has 1 N–H and O–H groups in total. The number of halogens is 2. The smallest absolute Gasteiger partial charge is 0.240 e. The molecule has 2 aliphatic rings. The van der Waals surface area contributed by atoms with Crippen molar-refractivity contribution in [3.05, 3.63) is 101 Å². The lowest BCUT2D eigenvalue weighted by molar-refractivity contribution is -0.123. The van der Waals surface area contributed by atoms with Crippen LogP contribution in [0.5, 0.6) is 0 Å². The van der Waals surface area contributed by atoms with Crippen molar-refractivity contribution in [2.75, 3.05) is 17.2 Å². The van der Waals surface area contributed by atoms with Gasteiger partial charge in [0.2, 0.25) is 11.8 Å². The van der Waals surface area contributed by atoms with Gasteiger partial charge in [0, 0.05) is 22.2 Å². The highest BCUT2D eigenvalue weighted by molar-refractivity contribution is 8.00. The summed E-state index contributed by atoms with van der Waals surface area (Å²) in [7, 11) is 0. The summed E-state index contributed by atoms with van der Waals surface area (Å²) in [6, 6.07) is 23.4. The molecule has 6 rings (SSSR count). The van der Waals surface area contributed by atoms with Gasteiger partial charge in [0.05, 0.1) is 22.4 Å². The Hall–Kier alpha value is -3.62. The van der Waals surface area contributed by atoms with Gasteiger partial charge in [0.1, 0.15) is 18.2 Å². The van der Waals surface area contributed by atoms with Crippen molar-refractivity contribution in [1.82, 2.24) is 15.1 Å². The maximum absolute atomic E-state index is 13.9. The Kier molecular flexibility index (Phi) is 6.68. The second-order valence-electron chi connectivity index (χ2n) is 9.37. The van der Waals surface area contributed by atoms with E-state index in [1.54, 1.807) is 16.8 Å². The monoisotopic (exact) mass is 546 g/mol. The minimum absolute atomic E-state index is 0.140. The molecule has 1 atom stereocenters. The van der Waals surface area contributed by atoms with Crippen LogP contribution in [0.15, 0.2) is 78.9 Å². The lowest BCUT2D eigenvalue weighted by atomic mass is 9.99. The van der Waals surface area contributed by atoms with Crippen molar-refractivity contribution in [2.45, 2.75) is 24.1 Å². The number of carbonyl (C=O) groups excluding carboxylic acids is 2. The van der Waals surface area contributed by atoms with E-state index >= 15 is 0 Å². The maximum atomic E-state index is 13.9. The second-order valence-corrected chi connectivity index (χ2v) is 10.9. The number of carbonyl (C=O) groups is 2. The fourth-order valence-electron chi connectivity index (χ4n) is 4.67. The Morgan fingerprint density at radius 1 is 1.03 bits per heavy atom. The van der Waals surface area contributed by atoms with Gasteiger partial charge in [-0.05, 0) is 48.7 Å². The van der Waals surface area contributed by atoms with Crippen LogP contribution < -0.4 is 10.2 Å². The highest BCUT2D eigenvalue weighted by atomic mass is 35.5. The van der Waals surface area contributed by atoms with Crippen molar-refractivity contribution < 1.29 is 14.0 Å². The largest absolute Gasteiger partial charge is 0.352 e. The molecule has 1 fully saturated rings. The third-order valence-corrected chi connectivity index (χ3v) is 8.22. The number of thioether (sulfide) groups is 1. The zero-order valence-corrected chi connectivity index (χ0v) is 21.9. The molecule has 6 nitrogen and oxygen atoms in total. The number of fused-ring (bicyclic) bond motifs is 1. The molecule has 38 heavy (non-hydrogen) atoms. The van der Waals surface area contributed by atoms with Crippen molar-refractivity contribution in [3.63, 3.8) is 0 Å². The predicted octanol–water partition coefficient (Wildman–Crippen LogP) is 5.78. The number of nitrogens with zero attached hydrogens (tertiary/aromatic N) is 3. The van der Waals surface area contributed by atoms with E-state index in [-0.39, 0.29) is 41.2 Å². The van der Waals surface area contributed by atoms with Gasteiger partial charge in [-0.1, -0.05) is 60.1 Å². The van der Waals surface area contributed by atoms with Crippen molar-refractivity contribution >= 4 is 41.0 Å². The van der Waals surface area contributed by atoms with Crippen LogP contribution in [0.25, 0.3) is 16.9 Å². The number of amides is 2. The number of hydrogen-bond donors (Lipinski definition) is 1. The highest BCUT2D eigenvalue weighted by Gasteiger charge is 2.38. The molecule has 1 unspecified atom stereocenters. The lowest BCUT2D eigenvalue weighted by Crippen LogP contribution is -2.43. The quantitative estimate of drug-likeness (QED) is 0.333. The Labute approximate surface area is 228 Å². The van der Waals surface area contributed by atoms with E-state index in [1.165, 1.54) is 28.8 Å². The SMILES string of the molecule is O=C(CN1C(=O)CSC(c2ccccc2Cl)c2c(-c3ccccc3)nn(-c3ccc(F)cc3)c21)NC1CC1. The van der Waals surface area contributed by atoms with Crippen molar-refractivity contribution in [2.24, 2.45) is 0 Å². The van der Waals surface area contributed by atoms with Crippen LogP contribution in [0.3, 0.4) is 0 Å². The van der Waals surface area contributed by atoms with Crippen LogP contribution in [0.2, 0.25) is 5.02 Å². The van der Waals surface area contributed by atoms with Crippen LogP contribution in [0.1, 0.15) is 29.2 Å². The number of aromatic nitrogens is 2. The molecular formula is C29H24ClFN4O2S. The Morgan fingerprint density at radius 2 is 1.74 bits per heavy atom.